The zero-order valence-electron chi connectivity index (χ0n) is 13.5. The number of carbonyl (C=O) groups is 1. The number of nitrogens with zero attached hydrogens (tertiary/aromatic N) is 2. The number of pyridine rings is 2. The lowest BCUT2D eigenvalue weighted by Gasteiger charge is -2.23. The van der Waals surface area contributed by atoms with E-state index in [0.29, 0.717) is 28.3 Å². The zero-order chi connectivity index (χ0) is 17.6. The monoisotopic (exact) mass is 380 g/mol. The number of aromatic nitrogens is 2. The lowest BCUT2D eigenvalue weighted by atomic mass is 10.0. The van der Waals surface area contributed by atoms with E-state index in [1.165, 1.54) is 6.20 Å². The highest BCUT2D eigenvalue weighted by Gasteiger charge is 2.15. The van der Waals surface area contributed by atoms with Crippen LogP contribution in [0.3, 0.4) is 0 Å². The number of hydrogen-bond acceptors (Lipinski definition) is 5. The second kappa shape index (κ2) is 8.47. The number of amides is 1. The third kappa shape index (κ3) is 4.60. The molecule has 0 saturated carbocycles. The normalized spacial score (nSPS) is 15.0. The van der Waals surface area contributed by atoms with Crippen molar-refractivity contribution < 1.29 is 9.53 Å². The molecule has 6 nitrogen and oxygen atoms in total. The molecule has 2 aromatic heterocycles. The molecule has 8 heteroatoms. The summed E-state index contributed by atoms with van der Waals surface area (Å²) in [6.45, 7) is 2.42. The van der Waals surface area contributed by atoms with Gasteiger partial charge in [0, 0.05) is 43.3 Å². The Balaban J connectivity index is 1.81. The van der Waals surface area contributed by atoms with Crippen molar-refractivity contribution in [2.75, 3.05) is 30.4 Å². The summed E-state index contributed by atoms with van der Waals surface area (Å²) in [6.07, 6.45) is 5.78. The second-order valence-electron chi connectivity index (χ2n) is 5.81. The lowest BCUT2D eigenvalue weighted by Crippen LogP contribution is -2.22. The number of hydrogen-bond donors (Lipinski definition) is 2. The van der Waals surface area contributed by atoms with Crippen molar-refractivity contribution in [3.05, 3.63) is 34.7 Å². The summed E-state index contributed by atoms with van der Waals surface area (Å²) in [4.78, 5) is 18.9. The molecule has 25 heavy (non-hydrogen) atoms. The van der Waals surface area contributed by atoms with Gasteiger partial charge in [0.15, 0.2) is 5.15 Å². The van der Waals surface area contributed by atoms with Crippen LogP contribution < -0.4 is 10.6 Å². The molecule has 132 valence electrons. The number of nitrogens with one attached hydrogen (secondary N) is 2. The fourth-order valence-corrected chi connectivity index (χ4v) is 3.11. The van der Waals surface area contributed by atoms with E-state index in [4.69, 9.17) is 27.9 Å². The number of carbonyl (C=O) groups excluding carboxylic acids is 1. The molecule has 2 aromatic rings. The maximum Gasteiger partial charge on any atom is 0.212 e. The van der Waals surface area contributed by atoms with Crippen LogP contribution in [0.15, 0.2) is 24.5 Å². The minimum atomic E-state index is 0.409. The first-order valence-corrected chi connectivity index (χ1v) is 8.76. The molecule has 1 aliphatic heterocycles. The minimum absolute atomic E-state index is 0.409. The maximum atomic E-state index is 10.6. The molecule has 0 radical (unpaired) electrons. The fourth-order valence-electron chi connectivity index (χ4n) is 2.72. The van der Waals surface area contributed by atoms with E-state index in [0.717, 1.165) is 49.4 Å². The first-order valence-electron chi connectivity index (χ1n) is 8.00. The zero-order valence-corrected chi connectivity index (χ0v) is 15.0. The molecule has 1 saturated heterocycles. The quantitative estimate of drug-likeness (QED) is 0.587. The highest BCUT2D eigenvalue weighted by Crippen LogP contribution is 2.32. The van der Waals surface area contributed by atoms with Gasteiger partial charge in [-0.15, -0.1) is 0 Å². The Bertz CT molecular complexity index is 751. The Morgan fingerprint density at radius 3 is 2.76 bits per heavy atom. The van der Waals surface area contributed by atoms with Crippen LogP contribution in [0.2, 0.25) is 10.2 Å². The van der Waals surface area contributed by atoms with Crippen molar-refractivity contribution in [2.45, 2.75) is 12.8 Å². The minimum Gasteiger partial charge on any atom is -0.382 e. The Morgan fingerprint density at radius 2 is 2.00 bits per heavy atom. The van der Waals surface area contributed by atoms with Gasteiger partial charge in [-0.2, -0.15) is 0 Å². The van der Waals surface area contributed by atoms with E-state index < -0.39 is 0 Å². The van der Waals surface area contributed by atoms with Gasteiger partial charge in [-0.25, -0.2) is 9.97 Å². The molecule has 0 aliphatic carbocycles. The van der Waals surface area contributed by atoms with Crippen molar-refractivity contribution in [2.24, 2.45) is 5.92 Å². The van der Waals surface area contributed by atoms with E-state index in [-0.39, 0.29) is 0 Å². The van der Waals surface area contributed by atoms with Gasteiger partial charge in [0.25, 0.3) is 0 Å². The van der Waals surface area contributed by atoms with Crippen molar-refractivity contribution in [1.82, 2.24) is 9.97 Å². The molecule has 3 rings (SSSR count). The van der Waals surface area contributed by atoms with Crippen molar-refractivity contribution >= 4 is 41.1 Å². The average molecular weight is 381 g/mol. The summed E-state index contributed by atoms with van der Waals surface area (Å²) < 4.78 is 5.38. The fraction of sp³-hybridized carbons (Fsp3) is 0.353. The van der Waals surface area contributed by atoms with E-state index >= 15 is 0 Å². The van der Waals surface area contributed by atoms with Gasteiger partial charge < -0.3 is 15.4 Å². The van der Waals surface area contributed by atoms with Crippen molar-refractivity contribution in [1.29, 1.82) is 0 Å². The molecule has 3 heterocycles. The molecule has 0 atom stereocenters. The summed E-state index contributed by atoms with van der Waals surface area (Å²) in [6, 6.07) is 3.60. The van der Waals surface area contributed by atoms with Gasteiger partial charge in [-0.05, 0) is 30.9 Å². The van der Waals surface area contributed by atoms with Gasteiger partial charge in [-0.3, -0.25) is 4.79 Å². The van der Waals surface area contributed by atoms with Crippen LogP contribution in [0.4, 0.5) is 11.5 Å². The third-order valence-electron chi connectivity index (χ3n) is 4.13. The number of rotatable bonds is 6. The summed E-state index contributed by atoms with van der Waals surface area (Å²) in [5.41, 5.74) is 2.27. The molecule has 2 N–H and O–H groups in total. The van der Waals surface area contributed by atoms with Gasteiger partial charge in [0.2, 0.25) is 6.41 Å². The highest BCUT2D eigenvalue weighted by atomic mass is 35.5. The standard InChI is InChI=1S/C17H18Cl2N4O2/c18-14-9-21-16(23-10-24)6-13(14)12-5-15(17(19)22-8-12)20-7-11-1-3-25-4-2-11/h5-6,8-11,20H,1-4,7H2,(H,21,23,24). The van der Waals surface area contributed by atoms with Crippen LogP contribution in [0.25, 0.3) is 11.1 Å². The van der Waals surface area contributed by atoms with Crippen molar-refractivity contribution in [3.8, 4) is 11.1 Å². The lowest BCUT2D eigenvalue weighted by molar-refractivity contribution is -0.105. The van der Waals surface area contributed by atoms with Crippen LogP contribution in [0.1, 0.15) is 12.8 Å². The summed E-state index contributed by atoms with van der Waals surface area (Å²) in [5.74, 6) is 0.974. The summed E-state index contributed by atoms with van der Waals surface area (Å²) in [7, 11) is 0. The topological polar surface area (TPSA) is 76.1 Å². The SMILES string of the molecule is O=CNc1cc(-c2cnc(Cl)c(NCC3CCOCC3)c2)c(Cl)cn1. The molecule has 0 spiro atoms. The van der Waals surface area contributed by atoms with Gasteiger partial charge in [-0.1, -0.05) is 23.2 Å². The van der Waals surface area contributed by atoms with E-state index in [1.54, 1.807) is 12.3 Å². The van der Waals surface area contributed by atoms with Crippen LogP contribution in [-0.4, -0.2) is 36.1 Å². The molecule has 1 amide bonds. The van der Waals surface area contributed by atoms with Crippen LogP contribution in [0.5, 0.6) is 0 Å². The molecular weight excluding hydrogens is 363 g/mol. The largest absolute Gasteiger partial charge is 0.382 e. The Kier molecular flexibility index (Phi) is 6.07. The first kappa shape index (κ1) is 17.9. The molecule has 0 aromatic carbocycles. The predicted octanol–water partition coefficient (Wildman–Crippen LogP) is 3.86. The second-order valence-corrected chi connectivity index (χ2v) is 6.58. The molecule has 0 unspecified atom stereocenters. The van der Waals surface area contributed by atoms with Gasteiger partial charge in [0.1, 0.15) is 5.82 Å². The Hall–Kier alpha value is -1.89. The molecule has 1 fully saturated rings. The van der Waals surface area contributed by atoms with E-state index in [9.17, 15) is 4.79 Å². The summed E-state index contributed by atoms with van der Waals surface area (Å²) >= 11 is 12.5. The number of ether oxygens (including phenoxy) is 1. The highest BCUT2D eigenvalue weighted by molar-refractivity contribution is 6.33. The maximum absolute atomic E-state index is 10.6. The van der Waals surface area contributed by atoms with Crippen LogP contribution >= 0.6 is 23.2 Å². The number of halogens is 2. The molecule has 1 aliphatic rings. The molecular formula is C17H18Cl2N4O2. The Labute approximate surface area is 155 Å². The number of anilines is 2. The Morgan fingerprint density at radius 1 is 1.20 bits per heavy atom. The van der Waals surface area contributed by atoms with E-state index in [2.05, 4.69) is 20.6 Å². The van der Waals surface area contributed by atoms with Gasteiger partial charge in [0.05, 0.1) is 10.7 Å². The smallest absolute Gasteiger partial charge is 0.212 e. The third-order valence-corrected chi connectivity index (χ3v) is 4.74. The first-order chi connectivity index (χ1) is 12.2. The van der Waals surface area contributed by atoms with E-state index in [1.807, 2.05) is 6.07 Å². The van der Waals surface area contributed by atoms with Crippen molar-refractivity contribution in [3.63, 3.8) is 0 Å². The average Bonchev–Trinajstić information content (AvgIpc) is 2.64. The summed E-state index contributed by atoms with van der Waals surface area (Å²) in [5, 5.41) is 6.76. The van der Waals surface area contributed by atoms with Crippen LogP contribution in [-0.2, 0) is 9.53 Å². The predicted molar refractivity (Wildman–Crippen MR) is 99.2 cm³/mol. The molecule has 0 bridgehead atoms. The van der Waals surface area contributed by atoms with Crippen LogP contribution in [0, 0.1) is 5.92 Å². The van der Waals surface area contributed by atoms with Gasteiger partial charge >= 0.3 is 0 Å².